The van der Waals surface area contributed by atoms with Crippen molar-refractivity contribution in [2.45, 2.75) is 20.8 Å². The van der Waals surface area contributed by atoms with E-state index in [9.17, 15) is 14.9 Å². The Morgan fingerprint density at radius 1 is 1.24 bits per heavy atom. The van der Waals surface area contributed by atoms with Gasteiger partial charge in [0.15, 0.2) is 0 Å². The molecule has 1 fully saturated rings. The molecule has 0 saturated carbocycles. The lowest BCUT2D eigenvalue weighted by Crippen LogP contribution is -2.49. The quantitative estimate of drug-likeness (QED) is 0.602. The minimum absolute atomic E-state index is 0.140. The molecule has 0 spiro atoms. The number of hydrogen-bond donors (Lipinski definition) is 1. The van der Waals surface area contributed by atoms with Crippen LogP contribution in [0.25, 0.3) is 0 Å². The van der Waals surface area contributed by atoms with Gasteiger partial charge in [-0.1, -0.05) is 12.1 Å². The number of anilines is 3. The molecule has 1 N–H and O–H groups in total. The van der Waals surface area contributed by atoms with Gasteiger partial charge in [0.2, 0.25) is 11.6 Å². The molecule has 2 aromatic rings. The summed E-state index contributed by atoms with van der Waals surface area (Å²) in [7, 11) is 0. The number of nitrogens with zero attached hydrogens (tertiary/aromatic N) is 5. The lowest BCUT2D eigenvalue weighted by molar-refractivity contribution is -0.383. The third kappa shape index (κ3) is 4.36. The number of nitro groups is 1. The molecule has 29 heavy (non-hydrogen) atoms. The van der Waals surface area contributed by atoms with E-state index in [1.807, 2.05) is 32.0 Å². The predicted molar refractivity (Wildman–Crippen MR) is 109 cm³/mol. The summed E-state index contributed by atoms with van der Waals surface area (Å²) >= 11 is 0. The van der Waals surface area contributed by atoms with Gasteiger partial charge in [0.25, 0.3) is 0 Å². The van der Waals surface area contributed by atoms with E-state index in [2.05, 4.69) is 15.3 Å². The number of carbonyl (C=O) groups excluding carboxylic acids is 1. The van der Waals surface area contributed by atoms with Crippen molar-refractivity contribution in [1.82, 2.24) is 14.9 Å². The molecule has 3 rings (SSSR count). The fourth-order valence-corrected chi connectivity index (χ4v) is 3.19. The summed E-state index contributed by atoms with van der Waals surface area (Å²) in [6, 6.07) is 5.71. The number of rotatable bonds is 5. The molecule has 10 heteroatoms. The van der Waals surface area contributed by atoms with Crippen LogP contribution in [0.2, 0.25) is 0 Å². The number of benzene rings is 1. The molecule has 1 aromatic carbocycles. The maximum absolute atomic E-state index is 11.9. The largest absolute Gasteiger partial charge is 0.450 e. The SMILES string of the molecule is CCOC(=O)N1CCN(c2ncnc(Nc3cccc(C)c3C)c2[N+](=O)[O-])CC1. The highest BCUT2D eigenvalue weighted by Crippen LogP contribution is 2.35. The number of ether oxygens (including phenoxy) is 1. The first kappa shape index (κ1) is 20.3. The zero-order valence-corrected chi connectivity index (χ0v) is 16.7. The first-order chi connectivity index (χ1) is 13.9. The summed E-state index contributed by atoms with van der Waals surface area (Å²) in [5.41, 5.74) is 2.63. The van der Waals surface area contributed by atoms with Crippen LogP contribution in [0.4, 0.5) is 27.8 Å². The highest BCUT2D eigenvalue weighted by atomic mass is 16.6. The van der Waals surface area contributed by atoms with Crippen LogP contribution in [0, 0.1) is 24.0 Å². The molecular weight excluding hydrogens is 376 g/mol. The van der Waals surface area contributed by atoms with Crippen molar-refractivity contribution in [2.24, 2.45) is 0 Å². The summed E-state index contributed by atoms with van der Waals surface area (Å²) in [6.07, 6.45) is 0.940. The molecule has 0 radical (unpaired) electrons. The molecule has 1 aliphatic heterocycles. The Hall–Kier alpha value is -3.43. The Bertz CT molecular complexity index is 912. The number of aromatic nitrogens is 2. The van der Waals surface area contributed by atoms with Gasteiger partial charge in [0.05, 0.1) is 11.5 Å². The molecule has 0 unspecified atom stereocenters. The molecule has 1 aliphatic rings. The van der Waals surface area contributed by atoms with E-state index in [1.165, 1.54) is 6.33 Å². The van der Waals surface area contributed by atoms with Crippen molar-refractivity contribution in [1.29, 1.82) is 0 Å². The van der Waals surface area contributed by atoms with Gasteiger partial charge in [0.1, 0.15) is 6.33 Å². The van der Waals surface area contributed by atoms with Crippen LogP contribution in [0.3, 0.4) is 0 Å². The highest BCUT2D eigenvalue weighted by molar-refractivity contribution is 5.76. The van der Waals surface area contributed by atoms with E-state index >= 15 is 0 Å². The van der Waals surface area contributed by atoms with Gasteiger partial charge >= 0.3 is 11.8 Å². The van der Waals surface area contributed by atoms with Crippen molar-refractivity contribution in [3.8, 4) is 0 Å². The lowest BCUT2D eigenvalue weighted by Gasteiger charge is -2.34. The smallest absolute Gasteiger partial charge is 0.409 e. The fourth-order valence-electron chi connectivity index (χ4n) is 3.19. The highest BCUT2D eigenvalue weighted by Gasteiger charge is 2.30. The fraction of sp³-hybridized carbons (Fsp3) is 0.421. The van der Waals surface area contributed by atoms with Crippen molar-refractivity contribution in [3.63, 3.8) is 0 Å². The zero-order chi connectivity index (χ0) is 21.0. The molecule has 154 valence electrons. The third-order valence-electron chi connectivity index (χ3n) is 4.95. The van der Waals surface area contributed by atoms with Gasteiger partial charge < -0.3 is 19.9 Å². The van der Waals surface area contributed by atoms with Crippen LogP contribution in [-0.4, -0.2) is 58.7 Å². The molecular formula is C19H24N6O4. The Balaban J connectivity index is 1.85. The Kier molecular flexibility index (Phi) is 6.10. The first-order valence-corrected chi connectivity index (χ1v) is 9.41. The second-order valence-electron chi connectivity index (χ2n) is 6.70. The van der Waals surface area contributed by atoms with Crippen molar-refractivity contribution in [3.05, 3.63) is 45.8 Å². The average Bonchev–Trinajstić information content (AvgIpc) is 2.71. The molecule has 2 heterocycles. The third-order valence-corrected chi connectivity index (χ3v) is 4.95. The van der Waals surface area contributed by atoms with Gasteiger partial charge in [0, 0.05) is 31.9 Å². The van der Waals surface area contributed by atoms with Crippen molar-refractivity contribution >= 4 is 29.1 Å². The number of carbonyl (C=O) groups is 1. The van der Waals surface area contributed by atoms with Crippen LogP contribution >= 0.6 is 0 Å². The maximum atomic E-state index is 11.9. The summed E-state index contributed by atoms with van der Waals surface area (Å²) in [4.78, 5) is 34.9. The second kappa shape index (κ2) is 8.72. The number of piperazine rings is 1. The minimum atomic E-state index is -0.472. The van der Waals surface area contributed by atoms with E-state index in [0.717, 1.165) is 16.8 Å². The van der Waals surface area contributed by atoms with E-state index in [0.29, 0.717) is 32.8 Å². The molecule has 0 atom stereocenters. The summed E-state index contributed by atoms with van der Waals surface area (Å²) in [6.45, 7) is 7.62. The zero-order valence-electron chi connectivity index (χ0n) is 16.7. The normalized spacial score (nSPS) is 13.9. The molecule has 10 nitrogen and oxygen atoms in total. The molecule has 0 aliphatic carbocycles. The topological polar surface area (TPSA) is 114 Å². The van der Waals surface area contributed by atoms with Crippen LogP contribution in [0.15, 0.2) is 24.5 Å². The average molecular weight is 400 g/mol. The van der Waals surface area contributed by atoms with E-state index in [4.69, 9.17) is 4.74 Å². The molecule has 1 saturated heterocycles. The standard InChI is InChI=1S/C19H24N6O4/c1-4-29-19(26)24-10-8-23(9-11-24)18-16(25(27)28)17(20-12-21-18)22-15-7-5-6-13(2)14(15)3/h5-7,12H,4,8-11H2,1-3H3,(H,20,21,22). The number of nitrogens with one attached hydrogen (secondary N) is 1. The summed E-state index contributed by atoms with van der Waals surface area (Å²) in [5, 5.41) is 14.9. The molecule has 0 bridgehead atoms. The monoisotopic (exact) mass is 400 g/mol. The number of aryl methyl sites for hydroxylation is 1. The summed E-state index contributed by atoms with van der Waals surface area (Å²) < 4.78 is 5.02. The van der Waals surface area contributed by atoms with Crippen LogP contribution < -0.4 is 10.2 Å². The Morgan fingerprint density at radius 3 is 2.62 bits per heavy atom. The van der Waals surface area contributed by atoms with Gasteiger partial charge in [-0.25, -0.2) is 14.8 Å². The molecule has 1 aromatic heterocycles. The van der Waals surface area contributed by atoms with E-state index in [-0.39, 0.29) is 23.4 Å². The van der Waals surface area contributed by atoms with Crippen LogP contribution in [-0.2, 0) is 4.74 Å². The number of hydrogen-bond acceptors (Lipinski definition) is 8. The number of amides is 1. The van der Waals surface area contributed by atoms with Gasteiger partial charge in [-0.15, -0.1) is 0 Å². The minimum Gasteiger partial charge on any atom is -0.450 e. The van der Waals surface area contributed by atoms with Crippen LogP contribution in [0.5, 0.6) is 0 Å². The molecule has 1 amide bonds. The predicted octanol–water partition coefficient (Wildman–Crippen LogP) is 3.02. The summed E-state index contributed by atoms with van der Waals surface area (Å²) in [5.74, 6) is 0.378. The van der Waals surface area contributed by atoms with Gasteiger partial charge in [-0.3, -0.25) is 10.1 Å². The maximum Gasteiger partial charge on any atom is 0.409 e. The first-order valence-electron chi connectivity index (χ1n) is 9.41. The van der Waals surface area contributed by atoms with Crippen molar-refractivity contribution in [2.75, 3.05) is 43.0 Å². The van der Waals surface area contributed by atoms with Crippen LogP contribution in [0.1, 0.15) is 18.1 Å². The Morgan fingerprint density at radius 2 is 1.97 bits per heavy atom. The van der Waals surface area contributed by atoms with Crippen molar-refractivity contribution < 1.29 is 14.5 Å². The van der Waals surface area contributed by atoms with E-state index in [1.54, 1.807) is 16.7 Å². The van der Waals surface area contributed by atoms with E-state index < -0.39 is 4.92 Å². The Labute approximate surface area is 168 Å². The van der Waals surface area contributed by atoms with Gasteiger partial charge in [-0.2, -0.15) is 0 Å². The van der Waals surface area contributed by atoms with Gasteiger partial charge in [-0.05, 0) is 38.0 Å². The lowest BCUT2D eigenvalue weighted by atomic mass is 10.1. The second-order valence-corrected chi connectivity index (χ2v) is 6.70.